The van der Waals surface area contributed by atoms with E-state index in [0.29, 0.717) is 16.3 Å². The molecule has 0 spiro atoms. The van der Waals surface area contributed by atoms with Gasteiger partial charge in [-0.15, -0.1) is 0 Å². The number of hydrogen-bond donors (Lipinski definition) is 1. The first-order valence-corrected chi connectivity index (χ1v) is 5.57. The van der Waals surface area contributed by atoms with Crippen molar-refractivity contribution < 1.29 is 14.6 Å². The fourth-order valence-electron chi connectivity index (χ4n) is 1.97. The lowest BCUT2D eigenvalue weighted by Crippen LogP contribution is -2.14. The van der Waals surface area contributed by atoms with Gasteiger partial charge in [0.05, 0.1) is 13.0 Å². The molecule has 1 unspecified atom stereocenters. The molecule has 0 bridgehead atoms. The first-order chi connectivity index (χ1) is 7.63. The zero-order valence-corrected chi connectivity index (χ0v) is 9.70. The van der Waals surface area contributed by atoms with Gasteiger partial charge in [-0.1, -0.05) is 11.6 Å². The van der Waals surface area contributed by atoms with E-state index in [9.17, 15) is 9.90 Å². The van der Waals surface area contributed by atoms with Gasteiger partial charge in [-0.05, 0) is 37.0 Å². The largest absolute Gasteiger partial charge is 0.496 e. The average molecular weight is 241 g/mol. The number of benzene rings is 1. The van der Waals surface area contributed by atoms with Crippen LogP contribution in [-0.2, 0) is 4.79 Å². The molecule has 0 heterocycles. The standard InChI is InChI=1S/C12H13ClO3/c1-16-10-5-4-8(13)6-9(10)11(12(14)15)7-2-3-7/h4-7,11H,2-3H2,1H3,(H,14,15). The number of aliphatic carboxylic acids is 1. The van der Waals surface area contributed by atoms with Crippen molar-refractivity contribution in [1.82, 2.24) is 0 Å². The predicted octanol–water partition coefficient (Wildman–Crippen LogP) is 2.93. The Hall–Kier alpha value is -1.22. The van der Waals surface area contributed by atoms with E-state index in [-0.39, 0.29) is 5.92 Å². The summed E-state index contributed by atoms with van der Waals surface area (Å²) in [6.07, 6.45) is 1.93. The molecule has 86 valence electrons. The number of carbonyl (C=O) groups is 1. The SMILES string of the molecule is COc1ccc(Cl)cc1C(C(=O)O)C1CC1. The third-order valence-electron chi connectivity index (χ3n) is 2.89. The normalized spacial score (nSPS) is 16.9. The molecule has 1 saturated carbocycles. The van der Waals surface area contributed by atoms with E-state index in [1.54, 1.807) is 25.3 Å². The minimum absolute atomic E-state index is 0.227. The fraction of sp³-hybridized carbons (Fsp3) is 0.417. The summed E-state index contributed by atoms with van der Waals surface area (Å²) < 4.78 is 5.19. The molecule has 2 rings (SSSR count). The maximum atomic E-state index is 11.3. The van der Waals surface area contributed by atoms with E-state index in [4.69, 9.17) is 16.3 Å². The van der Waals surface area contributed by atoms with Gasteiger partial charge in [0.25, 0.3) is 0 Å². The second-order valence-electron chi connectivity index (χ2n) is 4.04. The molecule has 0 aliphatic heterocycles. The Bertz CT molecular complexity index is 413. The molecule has 1 aliphatic rings. The zero-order valence-electron chi connectivity index (χ0n) is 8.94. The average Bonchev–Trinajstić information content (AvgIpc) is 3.02. The fourth-order valence-corrected chi connectivity index (χ4v) is 2.15. The minimum Gasteiger partial charge on any atom is -0.496 e. The van der Waals surface area contributed by atoms with E-state index in [0.717, 1.165) is 12.8 Å². The van der Waals surface area contributed by atoms with Crippen molar-refractivity contribution in [2.75, 3.05) is 7.11 Å². The second-order valence-corrected chi connectivity index (χ2v) is 4.48. The van der Waals surface area contributed by atoms with Crippen molar-refractivity contribution in [3.8, 4) is 5.75 Å². The van der Waals surface area contributed by atoms with Crippen LogP contribution < -0.4 is 4.74 Å². The van der Waals surface area contributed by atoms with Crippen LogP contribution in [0.4, 0.5) is 0 Å². The Kier molecular flexibility index (Phi) is 3.06. The van der Waals surface area contributed by atoms with Gasteiger partial charge in [-0.3, -0.25) is 4.79 Å². The van der Waals surface area contributed by atoms with Gasteiger partial charge in [-0.25, -0.2) is 0 Å². The smallest absolute Gasteiger partial charge is 0.311 e. The van der Waals surface area contributed by atoms with Crippen molar-refractivity contribution in [2.45, 2.75) is 18.8 Å². The highest BCUT2D eigenvalue weighted by Crippen LogP contribution is 2.45. The summed E-state index contributed by atoms with van der Waals surface area (Å²) in [6, 6.07) is 5.11. The van der Waals surface area contributed by atoms with Gasteiger partial charge >= 0.3 is 5.97 Å². The van der Waals surface area contributed by atoms with Crippen molar-refractivity contribution in [3.63, 3.8) is 0 Å². The molecule has 1 aromatic rings. The number of carboxylic acids is 1. The molecular weight excluding hydrogens is 228 g/mol. The molecule has 1 aliphatic carbocycles. The maximum absolute atomic E-state index is 11.3. The molecule has 0 aromatic heterocycles. The number of methoxy groups -OCH3 is 1. The Balaban J connectivity index is 2.42. The van der Waals surface area contributed by atoms with Gasteiger partial charge < -0.3 is 9.84 Å². The lowest BCUT2D eigenvalue weighted by atomic mass is 9.93. The van der Waals surface area contributed by atoms with Gasteiger partial charge in [0.1, 0.15) is 5.75 Å². The van der Waals surface area contributed by atoms with Gasteiger partial charge in [0.2, 0.25) is 0 Å². The first-order valence-electron chi connectivity index (χ1n) is 5.19. The maximum Gasteiger partial charge on any atom is 0.311 e. The van der Waals surface area contributed by atoms with Crippen LogP contribution in [-0.4, -0.2) is 18.2 Å². The topological polar surface area (TPSA) is 46.5 Å². The van der Waals surface area contributed by atoms with Crippen molar-refractivity contribution in [1.29, 1.82) is 0 Å². The third kappa shape index (κ3) is 2.14. The number of carboxylic acid groups (broad SMARTS) is 1. The monoisotopic (exact) mass is 240 g/mol. The summed E-state index contributed by atoms with van der Waals surface area (Å²) in [7, 11) is 1.54. The van der Waals surface area contributed by atoms with E-state index in [1.807, 2.05) is 0 Å². The van der Waals surface area contributed by atoms with Crippen LogP contribution in [0.5, 0.6) is 5.75 Å². The Morgan fingerprint density at radius 2 is 2.25 bits per heavy atom. The van der Waals surface area contributed by atoms with Gasteiger partial charge in [0.15, 0.2) is 0 Å². The molecule has 0 saturated heterocycles. The molecule has 0 amide bonds. The summed E-state index contributed by atoms with van der Waals surface area (Å²) in [5.74, 6) is -0.467. The number of ether oxygens (including phenoxy) is 1. The molecule has 1 atom stereocenters. The van der Waals surface area contributed by atoms with Crippen LogP contribution in [0, 0.1) is 5.92 Å². The highest BCUT2D eigenvalue weighted by atomic mass is 35.5. The molecule has 3 nitrogen and oxygen atoms in total. The van der Waals surface area contributed by atoms with E-state index in [1.165, 1.54) is 0 Å². The number of rotatable bonds is 4. The zero-order chi connectivity index (χ0) is 11.7. The van der Waals surface area contributed by atoms with Gasteiger partial charge in [-0.2, -0.15) is 0 Å². The third-order valence-corrected chi connectivity index (χ3v) is 3.12. The Morgan fingerprint density at radius 1 is 1.56 bits per heavy atom. The molecule has 1 aromatic carbocycles. The first kappa shape index (κ1) is 11.3. The highest BCUT2D eigenvalue weighted by Gasteiger charge is 2.38. The van der Waals surface area contributed by atoms with E-state index >= 15 is 0 Å². The Morgan fingerprint density at radius 3 is 2.75 bits per heavy atom. The summed E-state index contributed by atoms with van der Waals surface area (Å²) >= 11 is 5.90. The van der Waals surface area contributed by atoms with Crippen molar-refractivity contribution in [3.05, 3.63) is 28.8 Å². The van der Waals surface area contributed by atoms with E-state index < -0.39 is 11.9 Å². The van der Waals surface area contributed by atoms with Crippen LogP contribution in [0.3, 0.4) is 0 Å². The number of halogens is 1. The second kappa shape index (κ2) is 4.34. The lowest BCUT2D eigenvalue weighted by molar-refractivity contribution is -0.139. The Labute approximate surface area is 99.0 Å². The van der Waals surface area contributed by atoms with Crippen LogP contribution in [0.1, 0.15) is 24.3 Å². The minimum atomic E-state index is -0.803. The van der Waals surface area contributed by atoms with Crippen molar-refractivity contribution in [2.24, 2.45) is 5.92 Å². The molecule has 4 heteroatoms. The summed E-state index contributed by atoms with van der Waals surface area (Å²) in [4.78, 5) is 11.3. The molecule has 1 N–H and O–H groups in total. The van der Waals surface area contributed by atoms with Crippen LogP contribution in [0.15, 0.2) is 18.2 Å². The van der Waals surface area contributed by atoms with Crippen LogP contribution in [0.2, 0.25) is 5.02 Å². The van der Waals surface area contributed by atoms with E-state index in [2.05, 4.69) is 0 Å². The lowest BCUT2D eigenvalue weighted by Gasteiger charge is -2.15. The van der Waals surface area contributed by atoms with Crippen LogP contribution in [0.25, 0.3) is 0 Å². The molecular formula is C12H13ClO3. The van der Waals surface area contributed by atoms with Crippen molar-refractivity contribution >= 4 is 17.6 Å². The molecule has 0 radical (unpaired) electrons. The highest BCUT2D eigenvalue weighted by molar-refractivity contribution is 6.30. The predicted molar refractivity (Wildman–Crippen MR) is 61.1 cm³/mol. The molecule has 16 heavy (non-hydrogen) atoms. The molecule has 1 fully saturated rings. The quantitative estimate of drug-likeness (QED) is 0.880. The number of hydrogen-bond acceptors (Lipinski definition) is 2. The summed E-state index contributed by atoms with van der Waals surface area (Å²) in [6.45, 7) is 0. The summed E-state index contributed by atoms with van der Waals surface area (Å²) in [5.41, 5.74) is 0.685. The van der Waals surface area contributed by atoms with Gasteiger partial charge in [0, 0.05) is 10.6 Å². The summed E-state index contributed by atoms with van der Waals surface area (Å²) in [5, 5.41) is 9.79. The van der Waals surface area contributed by atoms with Crippen LogP contribution >= 0.6 is 11.6 Å².